The van der Waals surface area contributed by atoms with E-state index in [1.165, 1.54) is 37.0 Å². The van der Waals surface area contributed by atoms with E-state index < -0.39 is 0 Å². The largest absolute Gasteiger partial charge is 0.295 e. The van der Waals surface area contributed by atoms with Crippen LogP contribution in [0.25, 0.3) is 0 Å². The second-order valence-electron chi connectivity index (χ2n) is 9.09. The van der Waals surface area contributed by atoms with E-state index in [-0.39, 0.29) is 17.8 Å². The molecule has 1 saturated carbocycles. The lowest BCUT2D eigenvalue weighted by Crippen LogP contribution is -2.42. The zero-order chi connectivity index (χ0) is 22.0. The minimum Gasteiger partial charge on any atom is -0.295 e. The normalized spacial score (nSPS) is 19.7. The molecule has 164 valence electrons. The Morgan fingerprint density at radius 3 is 2.61 bits per heavy atom. The number of hydrazone groups is 1. The summed E-state index contributed by atoms with van der Waals surface area (Å²) in [5.74, 6) is -0.314. The number of halogens is 1. The van der Waals surface area contributed by atoms with Gasteiger partial charge in [0.05, 0.1) is 18.3 Å². The molecule has 2 aliphatic rings. The molecule has 1 atom stereocenters. The molecule has 1 aliphatic carbocycles. The van der Waals surface area contributed by atoms with E-state index in [0.717, 1.165) is 35.2 Å². The molecular formula is C26H32FN3O. The number of rotatable bonds is 5. The maximum Gasteiger partial charge on any atom is 0.257 e. The maximum atomic E-state index is 14.0. The van der Waals surface area contributed by atoms with Gasteiger partial charge in [0.1, 0.15) is 5.82 Å². The van der Waals surface area contributed by atoms with Gasteiger partial charge in [0.2, 0.25) is 0 Å². The van der Waals surface area contributed by atoms with Gasteiger partial charge >= 0.3 is 0 Å². The molecule has 4 rings (SSSR count). The molecule has 1 aliphatic heterocycles. The van der Waals surface area contributed by atoms with Crippen molar-refractivity contribution < 1.29 is 9.18 Å². The van der Waals surface area contributed by atoms with Crippen molar-refractivity contribution in [2.45, 2.75) is 64.5 Å². The summed E-state index contributed by atoms with van der Waals surface area (Å²) in [6.45, 7) is 4.48. The fourth-order valence-corrected chi connectivity index (χ4v) is 4.95. The first kappa shape index (κ1) is 21.7. The van der Waals surface area contributed by atoms with Crippen molar-refractivity contribution in [3.63, 3.8) is 0 Å². The van der Waals surface area contributed by atoms with Gasteiger partial charge < -0.3 is 0 Å². The molecule has 1 heterocycles. The van der Waals surface area contributed by atoms with Gasteiger partial charge in [0.15, 0.2) is 0 Å². The third kappa shape index (κ3) is 4.87. The van der Waals surface area contributed by atoms with Crippen LogP contribution in [0.15, 0.2) is 47.6 Å². The highest BCUT2D eigenvalue weighted by atomic mass is 19.1. The topological polar surface area (TPSA) is 35.9 Å². The molecule has 0 N–H and O–H groups in total. The Bertz CT molecular complexity index is 980. The highest BCUT2D eigenvalue weighted by Gasteiger charge is 2.34. The summed E-state index contributed by atoms with van der Waals surface area (Å²) in [6.07, 6.45) is 6.63. The molecule has 1 amide bonds. The Hall–Kier alpha value is -2.53. The fraction of sp³-hybridized carbons (Fsp3) is 0.462. The molecule has 2 aromatic rings. The number of carbonyl (C=O) groups is 1. The second-order valence-corrected chi connectivity index (χ2v) is 9.09. The van der Waals surface area contributed by atoms with Gasteiger partial charge in [-0.2, -0.15) is 5.10 Å². The van der Waals surface area contributed by atoms with Gasteiger partial charge in [-0.1, -0.05) is 55.2 Å². The molecule has 5 heteroatoms. The summed E-state index contributed by atoms with van der Waals surface area (Å²) < 4.78 is 14.0. The van der Waals surface area contributed by atoms with Gasteiger partial charge in [-0.3, -0.25) is 9.69 Å². The quantitative estimate of drug-likeness (QED) is 0.649. The summed E-state index contributed by atoms with van der Waals surface area (Å²) in [4.78, 5) is 15.5. The third-order valence-corrected chi connectivity index (χ3v) is 6.67. The van der Waals surface area contributed by atoms with Crippen LogP contribution in [0.2, 0.25) is 0 Å². The van der Waals surface area contributed by atoms with Crippen molar-refractivity contribution in [3.8, 4) is 0 Å². The molecule has 1 unspecified atom stereocenters. The summed E-state index contributed by atoms with van der Waals surface area (Å²) in [7, 11) is 2.04. The van der Waals surface area contributed by atoms with Crippen LogP contribution in [0.3, 0.4) is 0 Å². The number of hydrogen-bond acceptors (Lipinski definition) is 3. The summed E-state index contributed by atoms with van der Waals surface area (Å²) in [5.41, 5.74) is 5.08. The highest BCUT2D eigenvalue weighted by molar-refractivity contribution is 6.04. The van der Waals surface area contributed by atoms with Gasteiger partial charge in [0, 0.05) is 18.0 Å². The zero-order valence-corrected chi connectivity index (χ0v) is 18.8. The van der Waals surface area contributed by atoms with Crippen molar-refractivity contribution >= 4 is 11.6 Å². The Kier molecular flexibility index (Phi) is 6.51. The van der Waals surface area contributed by atoms with Crippen molar-refractivity contribution in [3.05, 3.63) is 70.5 Å². The van der Waals surface area contributed by atoms with Crippen LogP contribution < -0.4 is 0 Å². The van der Waals surface area contributed by atoms with E-state index in [1.54, 1.807) is 11.1 Å². The van der Waals surface area contributed by atoms with Crippen molar-refractivity contribution in [1.29, 1.82) is 0 Å². The van der Waals surface area contributed by atoms with E-state index in [9.17, 15) is 9.18 Å². The number of benzene rings is 2. The van der Waals surface area contributed by atoms with Crippen molar-refractivity contribution in [2.75, 3.05) is 13.6 Å². The van der Waals surface area contributed by atoms with E-state index in [1.807, 2.05) is 13.1 Å². The van der Waals surface area contributed by atoms with Gasteiger partial charge in [-0.05, 0) is 57.0 Å². The number of carbonyl (C=O) groups excluding carboxylic acids is 1. The average molecular weight is 422 g/mol. The van der Waals surface area contributed by atoms with Crippen LogP contribution in [-0.2, 0) is 4.79 Å². The van der Waals surface area contributed by atoms with Gasteiger partial charge in [-0.15, -0.1) is 0 Å². The number of hydrogen-bond donors (Lipinski definition) is 0. The molecule has 0 saturated heterocycles. The summed E-state index contributed by atoms with van der Waals surface area (Å²) in [6, 6.07) is 13.0. The fourth-order valence-electron chi connectivity index (χ4n) is 4.95. The van der Waals surface area contributed by atoms with Crippen LogP contribution in [0.1, 0.15) is 66.8 Å². The van der Waals surface area contributed by atoms with E-state index in [4.69, 9.17) is 5.10 Å². The molecular weight excluding hydrogens is 389 g/mol. The first-order valence-electron chi connectivity index (χ1n) is 11.4. The Labute approximate surface area is 184 Å². The molecule has 0 aromatic heterocycles. The van der Waals surface area contributed by atoms with E-state index >= 15 is 0 Å². The van der Waals surface area contributed by atoms with E-state index in [2.05, 4.69) is 36.9 Å². The smallest absolute Gasteiger partial charge is 0.257 e. The monoisotopic (exact) mass is 421 g/mol. The highest BCUT2D eigenvalue weighted by Crippen LogP contribution is 2.34. The number of amides is 1. The van der Waals surface area contributed by atoms with Crippen LogP contribution in [0, 0.1) is 19.7 Å². The number of nitrogens with zero attached hydrogens (tertiary/aromatic N) is 3. The van der Waals surface area contributed by atoms with Crippen molar-refractivity contribution in [2.24, 2.45) is 5.10 Å². The molecule has 2 aromatic carbocycles. The molecule has 0 radical (unpaired) electrons. The van der Waals surface area contributed by atoms with Crippen LogP contribution in [-0.4, -0.2) is 41.2 Å². The number of likely N-dealkylation sites (N-methyl/N-ethyl adjacent to an activating group) is 1. The Morgan fingerprint density at radius 2 is 1.90 bits per heavy atom. The lowest BCUT2D eigenvalue weighted by atomic mass is 9.94. The Balaban J connectivity index is 1.61. The van der Waals surface area contributed by atoms with Crippen LogP contribution in [0.4, 0.5) is 4.39 Å². The van der Waals surface area contributed by atoms with Crippen molar-refractivity contribution in [1.82, 2.24) is 9.91 Å². The van der Waals surface area contributed by atoms with Crippen LogP contribution in [0.5, 0.6) is 0 Å². The lowest BCUT2D eigenvalue weighted by molar-refractivity contribution is -0.134. The first-order valence-corrected chi connectivity index (χ1v) is 11.4. The third-order valence-electron chi connectivity index (χ3n) is 6.67. The maximum absolute atomic E-state index is 14.0. The number of aryl methyl sites for hydroxylation is 2. The summed E-state index contributed by atoms with van der Waals surface area (Å²) >= 11 is 0. The lowest BCUT2D eigenvalue weighted by Gasteiger charge is -2.32. The molecule has 0 spiro atoms. The summed E-state index contributed by atoms with van der Waals surface area (Å²) in [5, 5.41) is 6.39. The molecule has 31 heavy (non-hydrogen) atoms. The average Bonchev–Trinajstić information content (AvgIpc) is 3.19. The van der Waals surface area contributed by atoms with Gasteiger partial charge in [-0.25, -0.2) is 9.40 Å². The zero-order valence-electron chi connectivity index (χ0n) is 18.8. The second kappa shape index (κ2) is 9.31. The molecule has 0 bridgehead atoms. The minimum atomic E-state index is -0.288. The molecule has 4 nitrogen and oxygen atoms in total. The predicted octanol–water partition coefficient (Wildman–Crippen LogP) is 5.38. The first-order chi connectivity index (χ1) is 14.9. The SMILES string of the molecule is Cc1ccc(C2=NN(C(=O)CN(C)C3CCCCC3)C(c3cccc(F)c3)C2)c(C)c1. The van der Waals surface area contributed by atoms with Gasteiger partial charge in [0.25, 0.3) is 5.91 Å². The predicted molar refractivity (Wildman–Crippen MR) is 123 cm³/mol. The Morgan fingerprint density at radius 1 is 1.13 bits per heavy atom. The van der Waals surface area contributed by atoms with Crippen LogP contribution >= 0.6 is 0 Å². The van der Waals surface area contributed by atoms with E-state index in [0.29, 0.717) is 19.0 Å². The standard InChI is InChI=1S/C26H32FN3O/c1-18-12-13-23(19(2)14-18)24-16-25(20-8-7-9-21(27)15-20)30(28-24)26(31)17-29(3)22-10-5-4-6-11-22/h7-9,12-15,22,25H,4-6,10-11,16-17H2,1-3H3. The molecule has 1 fully saturated rings. The minimum absolute atomic E-state index is 0.0258.